The predicted molar refractivity (Wildman–Crippen MR) is 79.3 cm³/mol. The largest absolute Gasteiger partial charge is 0.497 e. The second kappa shape index (κ2) is 7.50. The highest BCUT2D eigenvalue weighted by Crippen LogP contribution is 2.29. The number of hydrogen-bond acceptors (Lipinski definition) is 4. The Morgan fingerprint density at radius 1 is 1.30 bits per heavy atom. The molecule has 0 bridgehead atoms. The molecule has 4 nitrogen and oxygen atoms in total. The van der Waals surface area contributed by atoms with Gasteiger partial charge in [0.15, 0.2) is 0 Å². The molecule has 1 unspecified atom stereocenters. The Morgan fingerprint density at radius 2 is 2.15 bits per heavy atom. The Hall–Kier alpha value is -1.26. The van der Waals surface area contributed by atoms with E-state index in [4.69, 9.17) is 14.6 Å². The summed E-state index contributed by atoms with van der Waals surface area (Å²) in [7, 11) is 3.39. The smallest absolute Gasteiger partial charge is 0.123 e. The van der Waals surface area contributed by atoms with Gasteiger partial charge >= 0.3 is 0 Å². The van der Waals surface area contributed by atoms with Crippen LogP contribution in [0, 0.1) is 0 Å². The third kappa shape index (κ3) is 3.64. The zero-order valence-electron chi connectivity index (χ0n) is 12.5. The van der Waals surface area contributed by atoms with E-state index < -0.39 is 0 Å². The van der Waals surface area contributed by atoms with Crippen molar-refractivity contribution in [3.05, 3.63) is 23.8 Å². The molecule has 0 saturated carbocycles. The Bertz CT molecular complexity index is 422. The van der Waals surface area contributed by atoms with Gasteiger partial charge in [-0.15, -0.1) is 0 Å². The fourth-order valence-corrected chi connectivity index (χ4v) is 2.98. The summed E-state index contributed by atoms with van der Waals surface area (Å²) in [5, 5.41) is 9.00. The fraction of sp³-hybridized carbons (Fsp3) is 0.625. The number of benzene rings is 1. The standard InChI is InChI=1S/C16H25NO3/c1-19-15-7-8-16(20-2)13(11-15)12-17-9-3-5-14(17)6-4-10-18/h7-8,11,14,18H,3-6,9-10,12H2,1-2H3. The van der Waals surface area contributed by atoms with E-state index >= 15 is 0 Å². The molecule has 1 atom stereocenters. The van der Waals surface area contributed by atoms with Gasteiger partial charge in [0.2, 0.25) is 0 Å². The van der Waals surface area contributed by atoms with Gasteiger partial charge in [0.25, 0.3) is 0 Å². The SMILES string of the molecule is COc1ccc(OC)c(CN2CCCC2CCCO)c1. The first-order valence-electron chi connectivity index (χ1n) is 7.34. The molecule has 0 amide bonds. The second-order valence-electron chi connectivity index (χ2n) is 5.31. The maximum atomic E-state index is 9.00. The lowest BCUT2D eigenvalue weighted by molar-refractivity contribution is 0.208. The quantitative estimate of drug-likeness (QED) is 0.832. The first-order chi connectivity index (χ1) is 9.78. The van der Waals surface area contributed by atoms with Crippen LogP contribution in [0.5, 0.6) is 11.5 Å². The first-order valence-corrected chi connectivity index (χ1v) is 7.34. The zero-order chi connectivity index (χ0) is 14.4. The van der Waals surface area contributed by atoms with Crippen LogP contribution < -0.4 is 9.47 Å². The van der Waals surface area contributed by atoms with Crippen molar-refractivity contribution in [1.29, 1.82) is 0 Å². The number of aliphatic hydroxyl groups excluding tert-OH is 1. The van der Waals surface area contributed by atoms with E-state index in [1.54, 1.807) is 14.2 Å². The van der Waals surface area contributed by atoms with Crippen molar-refractivity contribution in [3.8, 4) is 11.5 Å². The van der Waals surface area contributed by atoms with Crippen LogP contribution in [0.2, 0.25) is 0 Å². The van der Waals surface area contributed by atoms with Gasteiger partial charge in [0.05, 0.1) is 14.2 Å². The monoisotopic (exact) mass is 279 g/mol. The molecule has 112 valence electrons. The number of aliphatic hydroxyl groups is 1. The van der Waals surface area contributed by atoms with E-state index in [1.165, 1.54) is 18.4 Å². The third-order valence-electron chi connectivity index (χ3n) is 4.06. The fourth-order valence-electron chi connectivity index (χ4n) is 2.98. The van der Waals surface area contributed by atoms with Crippen molar-refractivity contribution in [2.75, 3.05) is 27.4 Å². The molecule has 0 aliphatic carbocycles. The number of nitrogens with zero attached hydrogens (tertiary/aromatic N) is 1. The Labute approximate surface area is 121 Å². The summed E-state index contributed by atoms with van der Waals surface area (Å²) in [6.07, 6.45) is 4.42. The van der Waals surface area contributed by atoms with Crippen molar-refractivity contribution in [2.45, 2.75) is 38.3 Å². The first kappa shape index (κ1) is 15.1. The molecule has 1 aliphatic rings. The summed E-state index contributed by atoms with van der Waals surface area (Å²) in [4.78, 5) is 2.49. The molecule has 1 heterocycles. The van der Waals surface area contributed by atoms with Crippen molar-refractivity contribution >= 4 is 0 Å². The lowest BCUT2D eigenvalue weighted by Gasteiger charge is -2.25. The second-order valence-corrected chi connectivity index (χ2v) is 5.31. The van der Waals surface area contributed by atoms with Crippen molar-refractivity contribution in [1.82, 2.24) is 4.90 Å². The van der Waals surface area contributed by atoms with E-state index in [-0.39, 0.29) is 6.61 Å². The van der Waals surface area contributed by atoms with Gasteiger partial charge in [0, 0.05) is 24.8 Å². The summed E-state index contributed by atoms with van der Waals surface area (Å²) in [5.41, 5.74) is 1.17. The summed E-state index contributed by atoms with van der Waals surface area (Å²) in [6, 6.07) is 6.53. The van der Waals surface area contributed by atoms with Crippen LogP contribution in [0.4, 0.5) is 0 Å². The van der Waals surface area contributed by atoms with Crippen molar-refractivity contribution in [3.63, 3.8) is 0 Å². The number of likely N-dealkylation sites (tertiary alicyclic amines) is 1. The Balaban J connectivity index is 2.07. The van der Waals surface area contributed by atoms with E-state index in [1.807, 2.05) is 12.1 Å². The minimum atomic E-state index is 0.285. The average molecular weight is 279 g/mol. The lowest BCUT2D eigenvalue weighted by atomic mass is 10.1. The Morgan fingerprint density at radius 3 is 2.85 bits per heavy atom. The van der Waals surface area contributed by atoms with Gasteiger partial charge in [-0.05, 0) is 50.4 Å². The van der Waals surface area contributed by atoms with E-state index in [2.05, 4.69) is 11.0 Å². The number of hydrogen-bond donors (Lipinski definition) is 1. The minimum absolute atomic E-state index is 0.285. The molecular formula is C16H25NO3. The molecule has 1 saturated heterocycles. The van der Waals surface area contributed by atoms with E-state index in [0.717, 1.165) is 37.4 Å². The molecule has 1 fully saturated rings. The summed E-state index contributed by atoms with van der Waals surface area (Å²) in [6.45, 7) is 2.29. The van der Waals surface area contributed by atoms with Crippen molar-refractivity contribution in [2.24, 2.45) is 0 Å². The molecular weight excluding hydrogens is 254 g/mol. The van der Waals surface area contributed by atoms with Crippen molar-refractivity contribution < 1.29 is 14.6 Å². The highest BCUT2D eigenvalue weighted by atomic mass is 16.5. The lowest BCUT2D eigenvalue weighted by Crippen LogP contribution is -2.29. The predicted octanol–water partition coefficient (Wildman–Crippen LogP) is 2.44. The van der Waals surface area contributed by atoms with Gasteiger partial charge in [0.1, 0.15) is 11.5 Å². The maximum Gasteiger partial charge on any atom is 0.123 e. The van der Waals surface area contributed by atoms with Gasteiger partial charge in [-0.3, -0.25) is 4.90 Å². The highest BCUT2D eigenvalue weighted by molar-refractivity contribution is 5.40. The molecule has 2 rings (SSSR count). The molecule has 1 N–H and O–H groups in total. The molecule has 1 aromatic rings. The number of rotatable bonds is 7. The molecule has 4 heteroatoms. The number of methoxy groups -OCH3 is 2. The normalized spacial score (nSPS) is 19.2. The van der Waals surface area contributed by atoms with Crippen LogP contribution in [-0.4, -0.2) is 43.4 Å². The van der Waals surface area contributed by atoms with Gasteiger partial charge in [-0.25, -0.2) is 0 Å². The van der Waals surface area contributed by atoms with Crippen LogP contribution in [0.3, 0.4) is 0 Å². The van der Waals surface area contributed by atoms with Gasteiger partial charge in [-0.1, -0.05) is 0 Å². The van der Waals surface area contributed by atoms with E-state index in [9.17, 15) is 0 Å². The third-order valence-corrected chi connectivity index (χ3v) is 4.06. The summed E-state index contributed by atoms with van der Waals surface area (Å²) >= 11 is 0. The van der Waals surface area contributed by atoms with Crippen LogP contribution in [-0.2, 0) is 6.54 Å². The van der Waals surface area contributed by atoms with Gasteiger partial charge in [-0.2, -0.15) is 0 Å². The zero-order valence-corrected chi connectivity index (χ0v) is 12.5. The maximum absolute atomic E-state index is 9.00. The Kier molecular flexibility index (Phi) is 5.68. The van der Waals surface area contributed by atoms with Crippen LogP contribution >= 0.6 is 0 Å². The molecule has 0 radical (unpaired) electrons. The number of ether oxygens (including phenoxy) is 2. The molecule has 0 aromatic heterocycles. The van der Waals surface area contributed by atoms with Crippen LogP contribution in [0.25, 0.3) is 0 Å². The van der Waals surface area contributed by atoms with E-state index in [0.29, 0.717) is 6.04 Å². The molecule has 0 spiro atoms. The summed E-state index contributed by atoms with van der Waals surface area (Å²) < 4.78 is 10.8. The van der Waals surface area contributed by atoms with Crippen LogP contribution in [0.15, 0.2) is 18.2 Å². The topological polar surface area (TPSA) is 41.9 Å². The minimum Gasteiger partial charge on any atom is -0.497 e. The highest BCUT2D eigenvalue weighted by Gasteiger charge is 2.24. The molecule has 20 heavy (non-hydrogen) atoms. The molecule has 1 aliphatic heterocycles. The molecule has 1 aromatic carbocycles. The average Bonchev–Trinajstić information content (AvgIpc) is 2.92. The van der Waals surface area contributed by atoms with Crippen LogP contribution in [0.1, 0.15) is 31.2 Å². The summed E-state index contributed by atoms with van der Waals surface area (Å²) in [5.74, 6) is 1.78. The van der Waals surface area contributed by atoms with Gasteiger partial charge < -0.3 is 14.6 Å².